The van der Waals surface area contributed by atoms with Crippen molar-refractivity contribution in [3.63, 3.8) is 0 Å². The van der Waals surface area contributed by atoms with Gasteiger partial charge in [-0.1, -0.05) is 0 Å². The maximum Gasteiger partial charge on any atom is 0.227 e. The Hall–Kier alpha value is -3.08. The molecule has 162 valence electrons. The number of methoxy groups -OCH3 is 3. The highest BCUT2D eigenvalue weighted by Crippen LogP contribution is 2.42. The molecule has 3 rings (SSSR count). The first kappa shape index (κ1) is 21.6. The smallest absolute Gasteiger partial charge is 0.227 e. The van der Waals surface area contributed by atoms with Gasteiger partial charge in [-0.15, -0.1) is 0 Å². The zero-order valence-electron chi connectivity index (χ0n) is 17.4. The van der Waals surface area contributed by atoms with Crippen molar-refractivity contribution in [3.8, 4) is 17.2 Å². The Morgan fingerprint density at radius 2 is 1.93 bits per heavy atom. The Morgan fingerprint density at radius 3 is 2.47 bits per heavy atom. The van der Waals surface area contributed by atoms with Crippen LogP contribution in [0.1, 0.15) is 12.2 Å². The van der Waals surface area contributed by atoms with Crippen LogP contribution in [0.3, 0.4) is 0 Å². The monoisotopic (exact) mass is 435 g/mol. The van der Waals surface area contributed by atoms with Crippen LogP contribution >= 0.6 is 12.2 Å². The average Bonchev–Trinajstić information content (AvgIpc) is 3.29. The molecule has 1 saturated heterocycles. The number of benzene rings is 1. The second-order valence-electron chi connectivity index (χ2n) is 6.83. The van der Waals surface area contributed by atoms with E-state index in [9.17, 15) is 9.59 Å². The van der Waals surface area contributed by atoms with Crippen molar-refractivity contribution < 1.29 is 23.8 Å². The summed E-state index contributed by atoms with van der Waals surface area (Å²) >= 11 is 5.08. The molecule has 1 aromatic heterocycles. The molecule has 10 nitrogen and oxygen atoms in total. The molecule has 0 saturated carbocycles. The second kappa shape index (κ2) is 9.16. The molecule has 2 aromatic rings. The number of nitrogens with one attached hydrogen (secondary N) is 2. The van der Waals surface area contributed by atoms with Gasteiger partial charge in [-0.25, -0.2) is 0 Å². The highest BCUT2D eigenvalue weighted by Gasteiger charge is 2.35. The average molecular weight is 436 g/mol. The number of carbonyl (C=O) groups is 2. The fraction of sp³-hybridized carbons (Fsp3) is 0.474. The number of carbonyl (C=O) groups excluding carboxylic acids is 2. The van der Waals surface area contributed by atoms with Crippen molar-refractivity contribution in [2.45, 2.75) is 12.8 Å². The molecule has 1 unspecified atom stereocenters. The quantitative estimate of drug-likeness (QED) is 0.600. The molecule has 1 fully saturated rings. The third-order valence-corrected chi connectivity index (χ3v) is 5.44. The summed E-state index contributed by atoms with van der Waals surface area (Å²) in [7, 11) is 6.35. The van der Waals surface area contributed by atoms with Crippen molar-refractivity contribution in [2.75, 3.05) is 39.3 Å². The topological polar surface area (TPSA) is 111 Å². The van der Waals surface area contributed by atoms with Gasteiger partial charge in [0.05, 0.1) is 32.9 Å². The first-order valence-corrected chi connectivity index (χ1v) is 9.78. The summed E-state index contributed by atoms with van der Waals surface area (Å²) < 4.78 is 18.3. The summed E-state index contributed by atoms with van der Waals surface area (Å²) in [5.74, 6) is 1.33. The minimum Gasteiger partial charge on any atom is -0.493 e. The summed E-state index contributed by atoms with van der Waals surface area (Å²) in [5.41, 5.74) is 0.589. The molecule has 11 heteroatoms. The summed E-state index contributed by atoms with van der Waals surface area (Å²) in [6.07, 6.45) is 0.668. The van der Waals surface area contributed by atoms with E-state index in [2.05, 4.69) is 15.5 Å². The second-order valence-corrected chi connectivity index (χ2v) is 7.22. The number of aromatic amines is 1. The summed E-state index contributed by atoms with van der Waals surface area (Å²) in [4.78, 5) is 26.7. The van der Waals surface area contributed by atoms with E-state index >= 15 is 0 Å². The van der Waals surface area contributed by atoms with Gasteiger partial charge < -0.3 is 29.0 Å². The van der Waals surface area contributed by atoms with E-state index in [4.69, 9.17) is 26.4 Å². The summed E-state index contributed by atoms with van der Waals surface area (Å²) in [6.45, 7) is 0.678. The first-order valence-electron chi connectivity index (χ1n) is 9.38. The zero-order chi connectivity index (χ0) is 21.8. The lowest BCUT2D eigenvalue weighted by Crippen LogP contribution is -2.34. The molecule has 0 radical (unpaired) electrons. The van der Waals surface area contributed by atoms with E-state index in [1.807, 2.05) is 7.05 Å². The van der Waals surface area contributed by atoms with E-state index in [0.29, 0.717) is 40.7 Å². The van der Waals surface area contributed by atoms with Gasteiger partial charge in [0.15, 0.2) is 16.3 Å². The van der Waals surface area contributed by atoms with Gasteiger partial charge in [-0.3, -0.25) is 14.7 Å². The van der Waals surface area contributed by atoms with Crippen LogP contribution in [0.2, 0.25) is 0 Å². The molecule has 1 aliphatic rings. The third-order valence-electron chi connectivity index (χ3n) is 5.08. The van der Waals surface area contributed by atoms with Gasteiger partial charge in [0, 0.05) is 45.1 Å². The molecular weight excluding hydrogens is 410 g/mol. The predicted molar refractivity (Wildman–Crippen MR) is 112 cm³/mol. The Morgan fingerprint density at radius 1 is 1.27 bits per heavy atom. The number of H-pyrrole nitrogens is 1. The van der Waals surface area contributed by atoms with Crippen LogP contribution in [0.25, 0.3) is 0 Å². The van der Waals surface area contributed by atoms with Crippen LogP contribution in [0, 0.1) is 10.7 Å². The van der Waals surface area contributed by atoms with E-state index in [0.717, 1.165) is 5.82 Å². The van der Waals surface area contributed by atoms with Crippen LogP contribution in [0.5, 0.6) is 17.2 Å². The van der Waals surface area contributed by atoms with Gasteiger partial charge in [0.2, 0.25) is 17.6 Å². The highest BCUT2D eigenvalue weighted by atomic mass is 32.1. The Bertz CT molecular complexity index is 976. The lowest BCUT2D eigenvalue weighted by molar-refractivity contribution is -0.126. The Kier molecular flexibility index (Phi) is 6.60. The molecule has 30 heavy (non-hydrogen) atoms. The van der Waals surface area contributed by atoms with E-state index in [1.165, 1.54) is 21.3 Å². The summed E-state index contributed by atoms with van der Waals surface area (Å²) in [6, 6.07) is 3.40. The fourth-order valence-corrected chi connectivity index (χ4v) is 3.55. The maximum atomic E-state index is 12.6. The van der Waals surface area contributed by atoms with Crippen LogP contribution in [0.15, 0.2) is 12.1 Å². The zero-order valence-corrected chi connectivity index (χ0v) is 18.2. The Balaban J connectivity index is 1.66. The first-order chi connectivity index (χ1) is 14.4. The van der Waals surface area contributed by atoms with Crippen LogP contribution in [-0.2, 0) is 23.1 Å². The van der Waals surface area contributed by atoms with Gasteiger partial charge in [0.1, 0.15) is 5.82 Å². The number of ether oxygens (including phenoxy) is 3. The normalized spacial score (nSPS) is 15.9. The van der Waals surface area contributed by atoms with Crippen molar-refractivity contribution in [1.29, 1.82) is 0 Å². The number of hydrogen-bond donors (Lipinski definition) is 2. The Labute approximate surface area is 179 Å². The minimum absolute atomic E-state index is 0.134. The van der Waals surface area contributed by atoms with Crippen molar-refractivity contribution >= 4 is 29.7 Å². The molecule has 0 aliphatic carbocycles. The van der Waals surface area contributed by atoms with E-state index in [1.54, 1.807) is 21.6 Å². The number of aromatic nitrogens is 3. The van der Waals surface area contributed by atoms with Gasteiger partial charge in [-0.2, -0.15) is 5.10 Å². The SMILES string of the molecule is COc1cc(N2CC(C(=O)NCCc3n[nH]c(=S)n3C)CC2=O)cc(OC)c1OC. The molecule has 1 atom stereocenters. The molecule has 0 spiro atoms. The number of rotatable bonds is 8. The number of amides is 2. The predicted octanol–water partition coefficient (Wildman–Crippen LogP) is 1.22. The molecule has 1 aliphatic heterocycles. The lowest BCUT2D eigenvalue weighted by atomic mass is 10.1. The molecule has 2 amide bonds. The highest BCUT2D eigenvalue weighted by molar-refractivity contribution is 7.71. The summed E-state index contributed by atoms with van der Waals surface area (Å²) in [5, 5.41) is 9.70. The number of nitrogens with zero attached hydrogens (tertiary/aromatic N) is 3. The van der Waals surface area contributed by atoms with Crippen LogP contribution < -0.4 is 24.4 Å². The number of hydrogen-bond acceptors (Lipinski definition) is 7. The molecule has 2 N–H and O–H groups in total. The van der Waals surface area contributed by atoms with Gasteiger partial charge in [-0.05, 0) is 12.2 Å². The van der Waals surface area contributed by atoms with Gasteiger partial charge in [0.25, 0.3) is 0 Å². The van der Waals surface area contributed by atoms with Crippen molar-refractivity contribution in [2.24, 2.45) is 13.0 Å². The van der Waals surface area contributed by atoms with Crippen LogP contribution in [-0.4, -0.2) is 61.0 Å². The van der Waals surface area contributed by atoms with Crippen molar-refractivity contribution in [1.82, 2.24) is 20.1 Å². The van der Waals surface area contributed by atoms with Gasteiger partial charge >= 0.3 is 0 Å². The lowest BCUT2D eigenvalue weighted by Gasteiger charge is -2.20. The maximum absolute atomic E-state index is 12.6. The standard InChI is InChI=1S/C19H25N5O5S/c1-23-15(21-22-19(23)30)5-6-20-18(26)11-7-16(25)24(10-11)12-8-13(27-2)17(29-4)14(9-12)28-3/h8-9,11H,5-7,10H2,1-4H3,(H,20,26)(H,22,30). The fourth-order valence-electron chi connectivity index (χ4n) is 3.40. The molecule has 0 bridgehead atoms. The van der Waals surface area contributed by atoms with Crippen molar-refractivity contribution in [3.05, 3.63) is 22.7 Å². The third kappa shape index (κ3) is 4.25. The number of anilines is 1. The minimum atomic E-state index is -0.445. The van der Waals surface area contributed by atoms with E-state index in [-0.39, 0.29) is 24.8 Å². The molecular formula is C19H25N5O5S. The molecule has 2 heterocycles. The largest absolute Gasteiger partial charge is 0.493 e. The van der Waals surface area contributed by atoms with Crippen LogP contribution in [0.4, 0.5) is 5.69 Å². The molecule has 1 aromatic carbocycles. The van der Waals surface area contributed by atoms with E-state index < -0.39 is 5.92 Å².